The largest absolute Gasteiger partial charge is 0.507 e. The van der Waals surface area contributed by atoms with Gasteiger partial charge in [-0.2, -0.15) is 0 Å². The van der Waals surface area contributed by atoms with Gasteiger partial charge in [0.05, 0.1) is 7.11 Å². The SMILES string of the molecule is COc1ccc(O)c2c1CC=C(Br)C=C2. The Labute approximate surface area is 97.0 Å². The van der Waals surface area contributed by atoms with Gasteiger partial charge in [-0.1, -0.05) is 22.0 Å². The molecule has 0 unspecified atom stereocenters. The second-order valence-electron chi connectivity index (χ2n) is 3.31. The molecule has 0 bridgehead atoms. The third-order valence-corrected chi connectivity index (χ3v) is 3.01. The minimum atomic E-state index is 0.289. The monoisotopic (exact) mass is 266 g/mol. The number of ether oxygens (including phenoxy) is 1. The molecular weight excluding hydrogens is 256 g/mol. The van der Waals surface area contributed by atoms with Crippen molar-refractivity contribution in [3.63, 3.8) is 0 Å². The van der Waals surface area contributed by atoms with E-state index in [4.69, 9.17) is 4.74 Å². The molecule has 0 heterocycles. The number of aromatic hydroxyl groups is 1. The van der Waals surface area contributed by atoms with Gasteiger partial charge in [0.25, 0.3) is 0 Å². The number of hydrogen-bond donors (Lipinski definition) is 1. The molecular formula is C12H11BrO2. The van der Waals surface area contributed by atoms with E-state index in [2.05, 4.69) is 15.9 Å². The summed E-state index contributed by atoms with van der Waals surface area (Å²) in [6, 6.07) is 3.44. The Morgan fingerprint density at radius 2 is 2.13 bits per heavy atom. The van der Waals surface area contributed by atoms with E-state index in [1.807, 2.05) is 18.2 Å². The first-order valence-electron chi connectivity index (χ1n) is 4.65. The average molecular weight is 267 g/mol. The van der Waals surface area contributed by atoms with Crippen molar-refractivity contribution in [1.29, 1.82) is 0 Å². The number of phenols is 1. The topological polar surface area (TPSA) is 29.5 Å². The molecule has 78 valence electrons. The van der Waals surface area contributed by atoms with Crippen LogP contribution >= 0.6 is 15.9 Å². The van der Waals surface area contributed by atoms with Crippen molar-refractivity contribution in [3.8, 4) is 11.5 Å². The van der Waals surface area contributed by atoms with Crippen molar-refractivity contribution in [2.45, 2.75) is 6.42 Å². The van der Waals surface area contributed by atoms with Crippen LogP contribution in [0.2, 0.25) is 0 Å². The van der Waals surface area contributed by atoms with Gasteiger partial charge in [-0.3, -0.25) is 0 Å². The van der Waals surface area contributed by atoms with Crippen LogP contribution in [-0.2, 0) is 6.42 Å². The molecule has 0 amide bonds. The van der Waals surface area contributed by atoms with Crippen LogP contribution in [0.3, 0.4) is 0 Å². The predicted octanol–water partition coefficient (Wildman–Crippen LogP) is 3.25. The molecule has 0 aliphatic heterocycles. The molecule has 15 heavy (non-hydrogen) atoms. The van der Waals surface area contributed by atoms with Crippen LogP contribution in [0, 0.1) is 0 Å². The molecule has 0 saturated carbocycles. The smallest absolute Gasteiger partial charge is 0.123 e. The highest BCUT2D eigenvalue weighted by atomic mass is 79.9. The van der Waals surface area contributed by atoms with Crippen LogP contribution in [0.15, 0.2) is 28.8 Å². The molecule has 1 N–H and O–H groups in total. The molecule has 0 aromatic heterocycles. The van der Waals surface area contributed by atoms with E-state index in [0.29, 0.717) is 0 Å². The summed E-state index contributed by atoms with van der Waals surface area (Å²) in [4.78, 5) is 0. The van der Waals surface area contributed by atoms with E-state index in [-0.39, 0.29) is 5.75 Å². The molecule has 1 aromatic rings. The Morgan fingerprint density at radius 3 is 2.87 bits per heavy atom. The van der Waals surface area contributed by atoms with Gasteiger partial charge in [0.1, 0.15) is 11.5 Å². The fraction of sp³-hybridized carbons (Fsp3) is 0.167. The fourth-order valence-corrected chi connectivity index (χ4v) is 1.94. The first-order chi connectivity index (χ1) is 7.22. The van der Waals surface area contributed by atoms with Crippen LogP contribution < -0.4 is 4.74 Å². The van der Waals surface area contributed by atoms with Crippen LogP contribution in [-0.4, -0.2) is 12.2 Å². The van der Waals surface area contributed by atoms with Gasteiger partial charge < -0.3 is 9.84 Å². The maximum atomic E-state index is 9.74. The lowest BCUT2D eigenvalue weighted by Crippen LogP contribution is -1.93. The van der Waals surface area contributed by atoms with Crippen molar-refractivity contribution in [3.05, 3.63) is 39.9 Å². The molecule has 0 radical (unpaired) electrons. The van der Waals surface area contributed by atoms with Crippen molar-refractivity contribution in [1.82, 2.24) is 0 Å². The van der Waals surface area contributed by atoms with E-state index in [1.165, 1.54) is 0 Å². The first-order valence-corrected chi connectivity index (χ1v) is 5.44. The lowest BCUT2D eigenvalue weighted by atomic mass is 10.0. The zero-order valence-electron chi connectivity index (χ0n) is 8.33. The highest BCUT2D eigenvalue weighted by Gasteiger charge is 2.12. The van der Waals surface area contributed by atoms with Gasteiger partial charge >= 0.3 is 0 Å². The second kappa shape index (κ2) is 4.11. The molecule has 0 spiro atoms. The van der Waals surface area contributed by atoms with Crippen LogP contribution in [0.1, 0.15) is 11.1 Å². The van der Waals surface area contributed by atoms with Gasteiger partial charge in [0.15, 0.2) is 0 Å². The first kappa shape index (κ1) is 10.3. The third kappa shape index (κ3) is 1.92. The van der Waals surface area contributed by atoms with Crippen molar-refractivity contribution in [2.75, 3.05) is 7.11 Å². The highest BCUT2D eigenvalue weighted by molar-refractivity contribution is 9.11. The highest BCUT2D eigenvalue weighted by Crippen LogP contribution is 2.34. The quantitative estimate of drug-likeness (QED) is 0.846. The maximum absolute atomic E-state index is 9.74. The number of allylic oxidation sites excluding steroid dienone is 3. The Hall–Kier alpha value is -1.22. The number of benzene rings is 1. The van der Waals surface area contributed by atoms with E-state index < -0.39 is 0 Å². The van der Waals surface area contributed by atoms with E-state index in [9.17, 15) is 5.11 Å². The Morgan fingerprint density at radius 1 is 1.33 bits per heavy atom. The molecule has 0 saturated heterocycles. The van der Waals surface area contributed by atoms with Crippen molar-refractivity contribution < 1.29 is 9.84 Å². The lowest BCUT2D eigenvalue weighted by Gasteiger charge is -2.10. The summed E-state index contributed by atoms with van der Waals surface area (Å²) in [5.41, 5.74) is 1.85. The Balaban J connectivity index is 2.60. The standard InChI is InChI=1S/C12H11BrO2/c1-15-12-7-6-11(14)9-4-2-8(13)3-5-10(9)12/h2-4,6-7,14H,5H2,1H3. The van der Waals surface area contributed by atoms with Gasteiger partial charge in [-0.15, -0.1) is 0 Å². The summed E-state index contributed by atoms with van der Waals surface area (Å²) in [5.74, 6) is 1.10. The van der Waals surface area contributed by atoms with Gasteiger partial charge in [0, 0.05) is 15.6 Å². The molecule has 0 fully saturated rings. The Kier molecular flexibility index (Phi) is 2.82. The fourth-order valence-electron chi connectivity index (χ4n) is 1.65. The normalized spacial score (nSPS) is 14.1. The lowest BCUT2D eigenvalue weighted by molar-refractivity contribution is 0.407. The number of rotatable bonds is 1. The third-order valence-electron chi connectivity index (χ3n) is 2.42. The minimum absolute atomic E-state index is 0.289. The molecule has 1 aromatic carbocycles. The van der Waals surface area contributed by atoms with E-state index in [1.54, 1.807) is 19.2 Å². The van der Waals surface area contributed by atoms with Gasteiger partial charge in [0.2, 0.25) is 0 Å². The molecule has 1 aliphatic carbocycles. The van der Waals surface area contributed by atoms with Crippen LogP contribution in [0.5, 0.6) is 11.5 Å². The van der Waals surface area contributed by atoms with Crippen LogP contribution in [0.25, 0.3) is 6.08 Å². The summed E-state index contributed by atoms with van der Waals surface area (Å²) in [5, 5.41) is 9.74. The Bertz CT molecular complexity index is 447. The van der Waals surface area contributed by atoms with Crippen molar-refractivity contribution >= 4 is 22.0 Å². The summed E-state index contributed by atoms with van der Waals surface area (Å²) in [6.07, 6.45) is 6.61. The molecule has 2 rings (SSSR count). The van der Waals surface area contributed by atoms with Crippen LogP contribution in [0.4, 0.5) is 0 Å². The van der Waals surface area contributed by atoms with Gasteiger partial charge in [-0.25, -0.2) is 0 Å². The number of methoxy groups -OCH3 is 1. The summed E-state index contributed by atoms with van der Waals surface area (Å²) >= 11 is 3.42. The maximum Gasteiger partial charge on any atom is 0.123 e. The minimum Gasteiger partial charge on any atom is -0.507 e. The number of halogens is 1. The molecule has 2 nitrogen and oxygen atoms in total. The zero-order valence-corrected chi connectivity index (χ0v) is 9.91. The summed E-state index contributed by atoms with van der Waals surface area (Å²) in [7, 11) is 1.64. The molecule has 0 atom stereocenters. The second-order valence-corrected chi connectivity index (χ2v) is 4.22. The van der Waals surface area contributed by atoms with E-state index in [0.717, 1.165) is 27.8 Å². The van der Waals surface area contributed by atoms with Gasteiger partial charge in [-0.05, 0) is 30.7 Å². The molecule has 1 aliphatic rings. The summed E-state index contributed by atoms with van der Waals surface area (Å²) in [6.45, 7) is 0. The van der Waals surface area contributed by atoms with Crippen molar-refractivity contribution in [2.24, 2.45) is 0 Å². The average Bonchev–Trinajstić information content (AvgIpc) is 2.43. The number of fused-ring (bicyclic) bond motifs is 1. The summed E-state index contributed by atoms with van der Waals surface area (Å²) < 4.78 is 6.28. The molecule has 3 heteroatoms. The number of hydrogen-bond acceptors (Lipinski definition) is 2. The van der Waals surface area contributed by atoms with E-state index >= 15 is 0 Å². The zero-order chi connectivity index (χ0) is 10.8. The predicted molar refractivity (Wildman–Crippen MR) is 64.4 cm³/mol. The number of phenolic OH excluding ortho intramolecular Hbond substituents is 1.